The smallest absolute Gasteiger partial charge is 0.376 e. The Balaban J connectivity index is 1.88. The van der Waals surface area contributed by atoms with Crippen LogP contribution in [0.3, 0.4) is 0 Å². The van der Waals surface area contributed by atoms with Crippen molar-refractivity contribution < 1.29 is 9.53 Å². The van der Waals surface area contributed by atoms with E-state index in [-0.39, 0.29) is 11.9 Å². The lowest BCUT2D eigenvalue weighted by molar-refractivity contribution is 0.0126. The minimum Gasteiger partial charge on any atom is -0.456 e. The van der Waals surface area contributed by atoms with Crippen LogP contribution in [0.25, 0.3) is 0 Å². The van der Waals surface area contributed by atoms with Gasteiger partial charge in [-0.25, -0.2) is 14.8 Å². The summed E-state index contributed by atoms with van der Waals surface area (Å²) >= 11 is 0. The van der Waals surface area contributed by atoms with Gasteiger partial charge in [0.25, 0.3) is 0 Å². The zero-order valence-corrected chi connectivity index (χ0v) is 9.30. The third-order valence-corrected chi connectivity index (χ3v) is 2.69. The van der Waals surface area contributed by atoms with Gasteiger partial charge in [-0.15, -0.1) is 0 Å². The van der Waals surface area contributed by atoms with Crippen molar-refractivity contribution in [2.75, 3.05) is 20.1 Å². The molecule has 16 heavy (non-hydrogen) atoms. The van der Waals surface area contributed by atoms with E-state index in [0.717, 1.165) is 25.9 Å². The molecule has 1 fully saturated rings. The molecule has 0 aromatic carbocycles. The molecular formula is C11H15N3O2. The minimum absolute atomic E-state index is 0.00695. The molecule has 5 nitrogen and oxygen atoms in total. The topological polar surface area (TPSA) is 55.3 Å². The molecule has 0 atom stereocenters. The molecule has 5 heteroatoms. The molecule has 0 bridgehead atoms. The number of rotatable bonds is 2. The summed E-state index contributed by atoms with van der Waals surface area (Å²) < 4.78 is 5.34. The molecule has 0 amide bonds. The SMILES string of the molecule is CN1CCC(OC(=O)c2ncccn2)CC1. The summed E-state index contributed by atoms with van der Waals surface area (Å²) in [6.07, 6.45) is 4.85. The van der Waals surface area contributed by atoms with Crippen molar-refractivity contribution in [1.29, 1.82) is 0 Å². The molecule has 1 aromatic rings. The minimum atomic E-state index is -0.421. The highest BCUT2D eigenvalue weighted by molar-refractivity contribution is 5.85. The van der Waals surface area contributed by atoms with Gasteiger partial charge in [0.2, 0.25) is 5.82 Å². The Kier molecular flexibility index (Phi) is 3.46. The number of carbonyl (C=O) groups is 1. The van der Waals surface area contributed by atoms with Crippen molar-refractivity contribution in [3.8, 4) is 0 Å². The number of hydrogen-bond donors (Lipinski definition) is 0. The summed E-state index contributed by atoms with van der Waals surface area (Å²) in [6.45, 7) is 1.93. The number of carbonyl (C=O) groups excluding carboxylic acids is 1. The van der Waals surface area contributed by atoms with Crippen LogP contribution in [0.2, 0.25) is 0 Å². The van der Waals surface area contributed by atoms with Gasteiger partial charge in [0.05, 0.1) is 0 Å². The maximum absolute atomic E-state index is 11.6. The highest BCUT2D eigenvalue weighted by Crippen LogP contribution is 2.13. The zero-order chi connectivity index (χ0) is 11.4. The van der Waals surface area contributed by atoms with E-state index < -0.39 is 5.97 Å². The van der Waals surface area contributed by atoms with Crippen LogP contribution in [0, 0.1) is 0 Å². The van der Waals surface area contributed by atoms with Crippen LogP contribution in [-0.4, -0.2) is 47.1 Å². The lowest BCUT2D eigenvalue weighted by Crippen LogP contribution is -2.35. The number of hydrogen-bond acceptors (Lipinski definition) is 5. The van der Waals surface area contributed by atoms with Crippen molar-refractivity contribution >= 4 is 5.97 Å². The largest absolute Gasteiger partial charge is 0.456 e. The van der Waals surface area contributed by atoms with Crippen LogP contribution in [-0.2, 0) is 4.74 Å². The molecule has 1 saturated heterocycles. The van der Waals surface area contributed by atoms with E-state index in [1.54, 1.807) is 6.07 Å². The van der Waals surface area contributed by atoms with Gasteiger partial charge < -0.3 is 9.64 Å². The number of esters is 1. The molecule has 0 unspecified atom stereocenters. The number of aromatic nitrogens is 2. The molecule has 2 rings (SSSR count). The van der Waals surface area contributed by atoms with Crippen LogP contribution in [0.15, 0.2) is 18.5 Å². The van der Waals surface area contributed by atoms with E-state index in [4.69, 9.17) is 4.74 Å². The Labute approximate surface area is 94.5 Å². The van der Waals surface area contributed by atoms with Crippen LogP contribution in [0.5, 0.6) is 0 Å². The summed E-state index contributed by atoms with van der Waals surface area (Å²) in [5.41, 5.74) is 0. The predicted molar refractivity (Wildman–Crippen MR) is 58.0 cm³/mol. The van der Waals surface area contributed by atoms with E-state index in [0.29, 0.717) is 0 Å². The maximum atomic E-state index is 11.6. The normalized spacial score (nSPS) is 18.3. The predicted octanol–water partition coefficient (Wildman–Crippen LogP) is 0.728. The molecule has 0 saturated carbocycles. The third-order valence-electron chi connectivity index (χ3n) is 2.69. The van der Waals surface area contributed by atoms with Crippen molar-refractivity contribution in [2.24, 2.45) is 0 Å². The molecular weight excluding hydrogens is 206 g/mol. The average molecular weight is 221 g/mol. The number of ether oxygens (including phenoxy) is 1. The van der Waals surface area contributed by atoms with Gasteiger partial charge in [0.15, 0.2) is 0 Å². The molecule has 0 radical (unpaired) electrons. The first-order valence-corrected chi connectivity index (χ1v) is 5.42. The fourth-order valence-electron chi connectivity index (χ4n) is 1.71. The summed E-state index contributed by atoms with van der Waals surface area (Å²) in [7, 11) is 2.07. The van der Waals surface area contributed by atoms with Crippen molar-refractivity contribution in [3.63, 3.8) is 0 Å². The summed E-state index contributed by atoms with van der Waals surface area (Å²) in [5.74, 6) is -0.281. The second kappa shape index (κ2) is 5.03. The first-order valence-electron chi connectivity index (χ1n) is 5.42. The summed E-state index contributed by atoms with van der Waals surface area (Å²) in [6, 6.07) is 1.67. The third kappa shape index (κ3) is 2.76. The number of piperidine rings is 1. The quantitative estimate of drug-likeness (QED) is 0.689. The Morgan fingerprint density at radius 3 is 2.62 bits per heavy atom. The molecule has 1 aliphatic rings. The average Bonchev–Trinajstić information content (AvgIpc) is 2.33. The van der Waals surface area contributed by atoms with E-state index in [1.807, 2.05) is 0 Å². The monoisotopic (exact) mass is 221 g/mol. The first kappa shape index (κ1) is 11.0. The highest BCUT2D eigenvalue weighted by atomic mass is 16.5. The van der Waals surface area contributed by atoms with Crippen LogP contribution < -0.4 is 0 Å². The molecule has 0 aliphatic carbocycles. The fraction of sp³-hybridized carbons (Fsp3) is 0.545. The zero-order valence-electron chi connectivity index (χ0n) is 9.30. The lowest BCUT2D eigenvalue weighted by atomic mass is 10.1. The van der Waals surface area contributed by atoms with Gasteiger partial charge in [-0.05, 0) is 26.0 Å². The van der Waals surface area contributed by atoms with Gasteiger partial charge in [-0.3, -0.25) is 0 Å². The van der Waals surface area contributed by atoms with E-state index in [1.165, 1.54) is 12.4 Å². The van der Waals surface area contributed by atoms with Crippen molar-refractivity contribution in [3.05, 3.63) is 24.3 Å². The Hall–Kier alpha value is -1.49. The van der Waals surface area contributed by atoms with Crippen molar-refractivity contribution in [1.82, 2.24) is 14.9 Å². The van der Waals surface area contributed by atoms with Crippen LogP contribution >= 0.6 is 0 Å². The summed E-state index contributed by atoms with van der Waals surface area (Å²) in [4.78, 5) is 21.6. The van der Waals surface area contributed by atoms with Gasteiger partial charge in [0, 0.05) is 25.5 Å². The second-order valence-corrected chi connectivity index (χ2v) is 3.98. The number of nitrogens with zero attached hydrogens (tertiary/aromatic N) is 3. The highest BCUT2D eigenvalue weighted by Gasteiger charge is 2.21. The Morgan fingerprint density at radius 1 is 1.38 bits per heavy atom. The van der Waals surface area contributed by atoms with Crippen LogP contribution in [0.1, 0.15) is 23.5 Å². The fourth-order valence-corrected chi connectivity index (χ4v) is 1.71. The molecule has 0 N–H and O–H groups in total. The lowest BCUT2D eigenvalue weighted by Gasteiger charge is -2.28. The first-order chi connectivity index (χ1) is 7.75. The Morgan fingerprint density at radius 2 is 2.00 bits per heavy atom. The maximum Gasteiger partial charge on any atom is 0.376 e. The standard InChI is InChI=1S/C11H15N3O2/c1-14-7-3-9(4-8-14)16-11(15)10-12-5-2-6-13-10/h2,5-6,9H,3-4,7-8H2,1H3. The van der Waals surface area contributed by atoms with E-state index >= 15 is 0 Å². The van der Waals surface area contributed by atoms with Gasteiger partial charge in [-0.1, -0.05) is 0 Å². The van der Waals surface area contributed by atoms with Gasteiger partial charge >= 0.3 is 5.97 Å². The molecule has 1 aliphatic heterocycles. The molecule has 1 aromatic heterocycles. The second-order valence-electron chi connectivity index (χ2n) is 3.98. The van der Waals surface area contributed by atoms with E-state index in [9.17, 15) is 4.79 Å². The number of likely N-dealkylation sites (tertiary alicyclic amines) is 1. The summed E-state index contributed by atoms with van der Waals surface area (Å²) in [5, 5.41) is 0. The molecule has 2 heterocycles. The molecule has 0 spiro atoms. The van der Waals surface area contributed by atoms with E-state index in [2.05, 4.69) is 21.9 Å². The Bertz CT molecular complexity index is 348. The van der Waals surface area contributed by atoms with Gasteiger partial charge in [0.1, 0.15) is 6.10 Å². The molecule has 86 valence electrons. The van der Waals surface area contributed by atoms with Gasteiger partial charge in [-0.2, -0.15) is 0 Å². The van der Waals surface area contributed by atoms with Crippen molar-refractivity contribution in [2.45, 2.75) is 18.9 Å². The van der Waals surface area contributed by atoms with Crippen LogP contribution in [0.4, 0.5) is 0 Å².